The lowest BCUT2D eigenvalue weighted by atomic mass is 10.2. The van der Waals surface area contributed by atoms with Gasteiger partial charge in [-0.3, -0.25) is 4.98 Å². The monoisotopic (exact) mass is 172 g/mol. The van der Waals surface area contributed by atoms with Crippen molar-refractivity contribution >= 4 is 0 Å². The molecular weight excluding hydrogens is 162 g/mol. The normalized spacial score (nSPS) is 11.7. The summed E-state index contributed by atoms with van der Waals surface area (Å²) in [6.45, 7) is 0.958. The van der Waals surface area contributed by atoms with Gasteiger partial charge in [0.25, 0.3) is 0 Å². The molecule has 0 bridgehead atoms. The highest BCUT2D eigenvalue weighted by atomic mass is 19.3. The number of aryl methyl sites for hydroxylation is 1. The van der Waals surface area contributed by atoms with E-state index in [1.807, 2.05) is 0 Å². The van der Waals surface area contributed by atoms with Crippen molar-refractivity contribution in [3.05, 3.63) is 29.6 Å². The molecule has 1 aromatic heterocycles. The molecule has 0 spiro atoms. The Labute approximate surface area is 69.4 Å². The number of halogens is 2. The van der Waals surface area contributed by atoms with Gasteiger partial charge in [-0.15, -0.1) is 0 Å². The minimum absolute atomic E-state index is 0.259. The van der Waals surface area contributed by atoms with Gasteiger partial charge in [-0.1, -0.05) is 6.07 Å². The third-order valence-electron chi connectivity index (χ3n) is 1.52. The second-order valence-electron chi connectivity index (χ2n) is 2.57. The predicted molar refractivity (Wildman–Crippen MR) is 41.9 cm³/mol. The van der Waals surface area contributed by atoms with E-state index >= 15 is 0 Å². The maximum Gasteiger partial charge on any atom is 0.301 e. The molecule has 1 rings (SSSR count). The summed E-state index contributed by atoms with van der Waals surface area (Å²) in [7, 11) is 0. The Balaban J connectivity index is 3.03. The van der Waals surface area contributed by atoms with Gasteiger partial charge in [-0.25, -0.2) is 0 Å². The van der Waals surface area contributed by atoms with Crippen molar-refractivity contribution in [1.82, 2.24) is 4.98 Å². The van der Waals surface area contributed by atoms with Crippen LogP contribution in [0, 0.1) is 6.92 Å². The highest BCUT2D eigenvalue weighted by molar-refractivity contribution is 5.14. The fraction of sp³-hybridized carbons (Fsp3) is 0.375. The topological polar surface area (TPSA) is 38.9 Å². The van der Waals surface area contributed by atoms with Crippen LogP contribution in [-0.4, -0.2) is 11.5 Å². The third-order valence-corrected chi connectivity index (χ3v) is 1.52. The van der Waals surface area contributed by atoms with Gasteiger partial charge in [-0.2, -0.15) is 8.78 Å². The molecule has 1 heterocycles. The Morgan fingerprint density at radius 2 is 2.17 bits per heavy atom. The first-order valence-electron chi connectivity index (χ1n) is 3.58. The minimum atomic E-state index is -3.01. The van der Waals surface area contributed by atoms with E-state index in [4.69, 9.17) is 5.73 Å². The molecule has 0 saturated carbocycles. The summed E-state index contributed by atoms with van der Waals surface area (Å²) >= 11 is 0. The Morgan fingerprint density at radius 1 is 1.50 bits per heavy atom. The lowest BCUT2D eigenvalue weighted by Crippen LogP contribution is -2.26. The maximum atomic E-state index is 12.9. The highest BCUT2D eigenvalue weighted by Gasteiger charge is 2.30. The first kappa shape index (κ1) is 9.06. The number of hydrogen-bond donors (Lipinski definition) is 1. The smallest absolute Gasteiger partial charge is 0.301 e. The molecule has 1 aromatic rings. The van der Waals surface area contributed by atoms with Crippen molar-refractivity contribution in [3.8, 4) is 0 Å². The number of hydrogen-bond acceptors (Lipinski definition) is 2. The summed E-state index contributed by atoms with van der Waals surface area (Å²) in [6.07, 6.45) is 0. The van der Waals surface area contributed by atoms with Crippen molar-refractivity contribution < 1.29 is 8.78 Å². The van der Waals surface area contributed by atoms with Crippen LogP contribution >= 0.6 is 0 Å². The molecule has 2 N–H and O–H groups in total. The van der Waals surface area contributed by atoms with E-state index in [2.05, 4.69) is 4.98 Å². The second kappa shape index (κ2) is 3.15. The van der Waals surface area contributed by atoms with E-state index < -0.39 is 12.5 Å². The molecule has 0 aliphatic rings. The lowest BCUT2D eigenvalue weighted by molar-refractivity contribution is 0.00125. The maximum absolute atomic E-state index is 12.9. The molecule has 4 heteroatoms. The van der Waals surface area contributed by atoms with Gasteiger partial charge in [0.05, 0.1) is 6.54 Å². The molecule has 0 aliphatic carbocycles. The number of alkyl halides is 2. The average Bonchev–Trinajstić information content (AvgIpc) is 2.05. The number of rotatable bonds is 2. The zero-order valence-corrected chi connectivity index (χ0v) is 6.72. The molecule has 66 valence electrons. The average molecular weight is 172 g/mol. The summed E-state index contributed by atoms with van der Waals surface area (Å²) in [5.41, 5.74) is 5.21. The SMILES string of the molecule is Cc1cccc(C(F)(F)CN)n1. The van der Waals surface area contributed by atoms with Gasteiger partial charge in [0.15, 0.2) is 0 Å². The van der Waals surface area contributed by atoms with Gasteiger partial charge in [0, 0.05) is 5.69 Å². The highest BCUT2D eigenvalue weighted by Crippen LogP contribution is 2.24. The fourth-order valence-electron chi connectivity index (χ4n) is 0.851. The van der Waals surface area contributed by atoms with E-state index in [9.17, 15) is 8.78 Å². The molecule has 2 nitrogen and oxygen atoms in total. The van der Waals surface area contributed by atoms with Crippen LogP contribution in [0.2, 0.25) is 0 Å². The van der Waals surface area contributed by atoms with Crippen LogP contribution < -0.4 is 5.73 Å². The van der Waals surface area contributed by atoms with Crippen LogP contribution in [0.1, 0.15) is 11.4 Å². The zero-order valence-electron chi connectivity index (χ0n) is 6.72. The first-order chi connectivity index (χ1) is 5.56. The molecular formula is C8H10F2N2. The second-order valence-corrected chi connectivity index (χ2v) is 2.57. The van der Waals surface area contributed by atoms with Gasteiger partial charge in [-0.05, 0) is 19.1 Å². The Morgan fingerprint density at radius 3 is 2.67 bits per heavy atom. The summed E-state index contributed by atoms with van der Waals surface area (Å²) in [5, 5.41) is 0. The number of pyridine rings is 1. The van der Waals surface area contributed by atoms with E-state index in [0.717, 1.165) is 0 Å². The van der Waals surface area contributed by atoms with Crippen LogP contribution in [-0.2, 0) is 5.92 Å². The number of nitrogens with zero attached hydrogens (tertiary/aromatic N) is 1. The van der Waals surface area contributed by atoms with Crippen LogP contribution in [0.3, 0.4) is 0 Å². The van der Waals surface area contributed by atoms with E-state index in [-0.39, 0.29) is 5.69 Å². The molecule has 0 aromatic carbocycles. The lowest BCUT2D eigenvalue weighted by Gasteiger charge is -2.12. The molecule has 0 amide bonds. The van der Waals surface area contributed by atoms with Crippen LogP contribution in [0.4, 0.5) is 8.78 Å². The summed E-state index contributed by atoms with van der Waals surface area (Å²) in [6, 6.07) is 4.48. The molecule has 0 radical (unpaired) electrons. The van der Waals surface area contributed by atoms with E-state index in [1.54, 1.807) is 19.1 Å². The fourth-order valence-corrected chi connectivity index (χ4v) is 0.851. The predicted octanol–water partition coefficient (Wildman–Crippen LogP) is 1.44. The van der Waals surface area contributed by atoms with Crippen molar-refractivity contribution in [3.63, 3.8) is 0 Å². The van der Waals surface area contributed by atoms with E-state index in [1.165, 1.54) is 6.07 Å². The third kappa shape index (κ3) is 1.76. The largest absolute Gasteiger partial charge is 0.325 e. The van der Waals surface area contributed by atoms with Crippen LogP contribution in [0.25, 0.3) is 0 Å². The Hall–Kier alpha value is -1.03. The number of aromatic nitrogens is 1. The standard InChI is InChI=1S/C8H10F2N2/c1-6-3-2-4-7(12-6)8(9,10)5-11/h2-4H,5,11H2,1H3. The molecule has 0 saturated heterocycles. The zero-order chi connectivity index (χ0) is 9.19. The van der Waals surface area contributed by atoms with Crippen LogP contribution in [0.15, 0.2) is 18.2 Å². The summed E-state index contributed by atoms with van der Waals surface area (Å²) < 4.78 is 25.8. The molecule has 12 heavy (non-hydrogen) atoms. The molecule has 0 atom stereocenters. The van der Waals surface area contributed by atoms with Crippen LogP contribution in [0.5, 0.6) is 0 Å². The first-order valence-corrected chi connectivity index (χ1v) is 3.58. The number of nitrogens with two attached hydrogens (primary N) is 1. The molecule has 0 fully saturated rings. The van der Waals surface area contributed by atoms with Crippen molar-refractivity contribution in [2.75, 3.05) is 6.54 Å². The molecule has 0 unspecified atom stereocenters. The Bertz CT molecular complexity index is 274. The van der Waals surface area contributed by atoms with Gasteiger partial charge >= 0.3 is 5.92 Å². The minimum Gasteiger partial charge on any atom is -0.325 e. The van der Waals surface area contributed by atoms with Crippen molar-refractivity contribution in [1.29, 1.82) is 0 Å². The van der Waals surface area contributed by atoms with Crippen molar-refractivity contribution in [2.24, 2.45) is 5.73 Å². The quantitative estimate of drug-likeness (QED) is 0.733. The van der Waals surface area contributed by atoms with Gasteiger partial charge < -0.3 is 5.73 Å². The summed E-state index contributed by atoms with van der Waals surface area (Å²) in [4.78, 5) is 3.69. The van der Waals surface area contributed by atoms with Gasteiger partial charge in [0.2, 0.25) is 0 Å². The summed E-state index contributed by atoms with van der Waals surface area (Å²) in [5.74, 6) is -3.01. The van der Waals surface area contributed by atoms with Crippen molar-refractivity contribution in [2.45, 2.75) is 12.8 Å². The molecule has 0 aliphatic heterocycles. The Kier molecular flexibility index (Phi) is 2.38. The van der Waals surface area contributed by atoms with Gasteiger partial charge in [0.1, 0.15) is 5.69 Å². The van der Waals surface area contributed by atoms with E-state index in [0.29, 0.717) is 5.69 Å².